The van der Waals surface area contributed by atoms with E-state index in [1.807, 2.05) is 48.7 Å². The van der Waals surface area contributed by atoms with Crippen LogP contribution in [0.2, 0.25) is 0 Å². The summed E-state index contributed by atoms with van der Waals surface area (Å²) < 4.78 is 0. The summed E-state index contributed by atoms with van der Waals surface area (Å²) in [6, 6.07) is 64.2. The van der Waals surface area contributed by atoms with Crippen molar-refractivity contribution in [3.8, 4) is 95.9 Å². The summed E-state index contributed by atoms with van der Waals surface area (Å²) in [6.07, 6.45) is 9.75. The number of nitrogens with zero attached hydrogens (tertiary/aromatic N) is 5. The van der Waals surface area contributed by atoms with Crippen molar-refractivity contribution in [2.45, 2.75) is 37.5 Å². The zero-order valence-electron chi connectivity index (χ0n) is 34.2. The lowest BCUT2D eigenvalue weighted by atomic mass is 9.67. The maximum atomic E-state index is 9.86. The van der Waals surface area contributed by atoms with Crippen molar-refractivity contribution in [3.63, 3.8) is 0 Å². The number of hydrogen-bond acceptors (Lipinski definition) is 5. The molecule has 2 heterocycles. The number of aromatic nitrogens is 4. The van der Waals surface area contributed by atoms with Gasteiger partial charge in [0.2, 0.25) is 0 Å². The fourth-order valence-electron chi connectivity index (χ4n) is 9.79. The van der Waals surface area contributed by atoms with Gasteiger partial charge in [0.1, 0.15) is 0 Å². The van der Waals surface area contributed by atoms with Crippen LogP contribution in [-0.4, -0.2) is 19.9 Å². The van der Waals surface area contributed by atoms with E-state index in [-0.39, 0.29) is 5.41 Å². The third-order valence-corrected chi connectivity index (χ3v) is 12.9. The van der Waals surface area contributed by atoms with Gasteiger partial charge < -0.3 is 0 Å². The van der Waals surface area contributed by atoms with Crippen molar-refractivity contribution in [2.75, 3.05) is 0 Å². The Morgan fingerprint density at radius 1 is 0.403 bits per heavy atom. The normalized spacial score (nSPS) is 13.6. The minimum absolute atomic E-state index is 0.0408. The monoisotopic (exact) mass is 795 g/mol. The minimum Gasteiger partial charge on any atom is -0.264 e. The summed E-state index contributed by atoms with van der Waals surface area (Å²) in [6.45, 7) is 0. The largest absolute Gasteiger partial charge is 0.264 e. The minimum atomic E-state index is 0.0408. The highest BCUT2D eigenvalue weighted by Gasteiger charge is 2.44. The van der Waals surface area contributed by atoms with Crippen LogP contribution < -0.4 is 0 Å². The summed E-state index contributed by atoms with van der Waals surface area (Å²) in [5.41, 5.74) is 18.1. The van der Waals surface area contributed by atoms with Crippen LogP contribution in [0.3, 0.4) is 0 Å². The Morgan fingerprint density at radius 2 is 0.935 bits per heavy atom. The number of fused-ring (bicyclic) bond motifs is 5. The van der Waals surface area contributed by atoms with Crippen LogP contribution >= 0.6 is 0 Å². The average molecular weight is 796 g/mol. The predicted octanol–water partition coefficient (Wildman–Crippen LogP) is 14.0. The van der Waals surface area contributed by atoms with Crippen molar-refractivity contribution < 1.29 is 0 Å². The molecule has 0 bridgehead atoms. The second kappa shape index (κ2) is 15.7. The first kappa shape index (κ1) is 37.2. The SMILES string of the molecule is N#Cc1ccc2c(c1)-c1c(-c3ccc(-c4cccc(-c5ccc(-c6nc(-c7ccccc7)nc(-c7ccc(-c8cccnc8)cc7)n6)cc5)c4)cc3)cccc1C21CCCCC1. The van der Waals surface area contributed by atoms with E-state index in [0.717, 1.165) is 68.5 Å². The topological polar surface area (TPSA) is 75.3 Å². The molecule has 1 spiro atoms. The van der Waals surface area contributed by atoms with E-state index in [4.69, 9.17) is 15.0 Å². The standard InChI is InChI=1S/C57H41N5/c58-36-38-17-30-51-50(34-38)53-49(15-8-16-52(53)57(51)31-5-2-6-32-57)42-24-18-39(19-25-42)46-12-7-13-47(35-46)40-20-26-44(27-21-40)55-60-54(43-10-3-1-4-11-43)61-56(62-55)45-28-22-41(23-29-45)48-14-9-33-59-37-48/h1,3-4,7-30,33-35,37H,2,5-6,31-32H2. The molecule has 9 aromatic rings. The Kier molecular flexibility index (Phi) is 9.40. The molecule has 11 rings (SSSR count). The van der Waals surface area contributed by atoms with Gasteiger partial charge in [0.05, 0.1) is 11.6 Å². The third-order valence-electron chi connectivity index (χ3n) is 12.9. The molecule has 1 fully saturated rings. The van der Waals surface area contributed by atoms with Gasteiger partial charge in [-0.15, -0.1) is 0 Å². The number of pyridine rings is 1. The number of rotatable bonds is 7. The van der Waals surface area contributed by atoms with Crippen LogP contribution in [0.25, 0.3) is 89.8 Å². The van der Waals surface area contributed by atoms with Crippen molar-refractivity contribution in [1.82, 2.24) is 19.9 Å². The quantitative estimate of drug-likeness (QED) is 0.161. The summed E-state index contributed by atoms with van der Waals surface area (Å²) in [4.78, 5) is 19.2. The van der Waals surface area contributed by atoms with E-state index >= 15 is 0 Å². The van der Waals surface area contributed by atoms with Crippen LogP contribution in [-0.2, 0) is 5.41 Å². The lowest BCUT2D eigenvalue weighted by molar-refractivity contribution is 0.353. The Bertz CT molecular complexity index is 3130. The van der Waals surface area contributed by atoms with E-state index in [0.29, 0.717) is 17.5 Å². The summed E-state index contributed by atoms with van der Waals surface area (Å²) in [7, 11) is 0. The molecule has 2 aromatic heterocycles. The molecular weight excluding hydrogens is 755 g/mol. The van der Waals surface area contributed by atoms with E-state index in [9.17, 15) is 5.26 Å². The van der Waals surface area contributed by atoms with Gasteiger partial charge in [-0.2, -0.15) is 5.26 Å². The van der Waals surface area contributed by atoms with E-state index in [1.54, 1.807) is 6.20 Å². The molecular formula is C57H41N5. The highest BCUT2D eigenvalue weighted by atomic mass is 15.0. The zero-order chi connectivity index (χ0) is 41.5. The van der Waals surface area contributed by atoms with Crippen LogP contribution in [0.4, 0.5) is 0 Å². The molecule has 0 saturated heterocycles. The molecule has 0 aliphatic heterocycles. The van der Waals surface area contributed by atoms with Gasteiger partial charge in [-0.3, -0.25) is 4.98 Å². The number of nitriles is 1. The molecule has 5 nitrogen and oxygen atoms in total. The Labute approximate surface area is 362 Å². The van der Waals surface area contributed by atoms with E-state index in [2.05, 4.69) is 145 Å². The Morgan fingerprint density at radius 3 is 1.53 bits per heavy atom. The Hall–Kier alpha value is -7.81. The fourth-order valence-corrected chi connectivity index (χ4v) is 9.79. The van der Waals surface area contributed by atoms with Crippen LogP contribution in [0.15, 0.2) is 188 Å². The summed E-state index contributed by atoms with van der Waals surface area (Å²) in [5, 5.41) is 9.86. The summed E-state index contributed by atoms with van der Waals surface area (Å²) >= 11 is 0. The number of hydrogen-bond donors (Lipinski definition) is 0. The highest BCUT2D eigenvalue weighted by Crippen LogP contribution is 2.58. The summed E-state index contributed by atoms with van der Waals surface area (Å²) in [5.74, 6) is 1.88. The van der Waals surface area contributed by atoms with Gasteiger partial charge in [-0.25, -0.2) is 15.0 Å². The lowest BCUT2D eigenvalue weighted by Crippen LogP contribution is -2.28. The van der Waals surface area contributed by atoms with E-state index < -0.39 is 0 Å². The van der Waals surface area contributed by atoms with Gasteiger partial charge in [0.25, 0.3) is 0 Å². The molecule has 1 saturated carbocycles. The maximum absolute atomic E-state index is 9.86. The van der Waals surface area contributed by atoms with Crippen LogP contribution in [0, 0.1) is 11.3 Å². The van der Waals surface area contributed by atoms with Crippen molar-refractivity contribution in [2.24, 2.45) is 0 Å². The second-order valence-electron chi connectivity index (χ2n) is 16.5. The second-order valence-corrected chi connectivity index (χ2v) is 16.5. The highest BCUT2D eigenvalue weighted by molar-refractivity contribution is 5.93. The van der Waals surface area contributed by atoms with Crippen molar-refractivity contribution >= 4 is 0 Å². The molecule has 0 unspecified atom stereocenters. The van der Waals surface area contributed by atoms with Gasteiger partial charge in [0.15, 0.2) is 17.5 Å². The van der Waals surface area contributed by atoms with Crippen molar-refractivity contribution in [3.05, 3.63) is 205 Å². The molecule has 294 valence electrons. The molecule has 7 aromatic carbocycles. The maximum Gasteiger partial charge on any atom is 0.164 e. The average Bonchev–Trinajstić information content (AvgIpc) is 3.62. The van der Waals surface area contributed by atoms with Gasteiger partial charge in [-0.05, 0) is 104 Å². The van der Waals surface area contributed by atoms with E-state index in [1.165, 1.54) is 52.6 Å². The van der Waals surface area contributed by atoms with Gasteiger partial charge >= 0.3 is 0 Å². The van der Waals surface area contributed by atoms with Gasteiger partial charge in [-0.1, -0.05) is 171 Å². The van der Waals surface area contributed by atoms with Crippen molar-refractivity contribution in [1.29, 1.82) is 5.26 Å². The first-order valence-electron chi connectivity index (χ1n) is 21.5. The number of benzene rings is 7. The zero-order valence-corrected chi connectivity index (χ0v) is 34.2. The molecule has 0 radical (unpaired) electrons. The molecule has 5 heteroatoms. The predicted molar refractivity (Wildman–Crippen MR) is 250 cm³/mol. The third kappa shape index (κ3) is 6.67. The molecule has 0 N–H and O–H groups in total. The molecule has 62 heavy (non-hydrogen) atoms. The van der Waals surface area contributed by atoms with Crippen LogP contribution in [0.5, 0.6) is 0 Å². The smallest absolute Gasteiger partial charge is 0.164 e. The lowest BCUT2D eigenvalue weighted by Gasteiger charge is -2.36. The van der Waals surface area contributed by atoms with Gasteiger partial charge in [0, 0.05) is 34.5 Å². The fraction of sp³-hybridized carbons (Fsp3) is 0.105. The molecule has 2 aliphatic rings. The van der Waals surface area contributed by atoms with Crippen LogP contribution in [0.1, 0.15) is 48.8 Å². The molecule has 0 atom stereocenters. The molecule has 2 aliphatic carbocycles. The first-order valence-corrected chi connectivity index (χ1v) is 21.5. The first-order chi connectivity index (χ1) is 30.6. The Balaban J connectivity index is 0.887. The molecule has 0 amide bonds.